The second-order valence-corrected chi connectivity index (χ2v) is 6.69. The third-order valence-electron chi connectivity index (χ3n) is 4.79. The minimum atomic E-state index is 0. The van der Waals surface area contributed by atoms with E-state index >= 15 is 0 Å². The van der Waals surface area contributed by atoms with E-state index < -0.39 is 0 Å². The van der Waals surface area contributed by atoms with Gasteiger partial charge in [0, 0.05) is 6.42 Å². The molecule has 22 heavy (non-hydrogen) atoms. The summed E-state index contributed by atoms with van der Waals surface area (Å²) in [4.78, 5) is 12.3. The lowest BCUT2D eigenvalue weighted by molar-refractivity contribution is -0.122. The van der Waals surface area contributed by atoms with Gasteiger partial charge in [-0.2, -0.15) is 0 Å². The molecule has 0 aromatic heterocycles. The van der Waals surface area contributed by atoms with Crippen molar-refractivity contribution in [3.8, 4) is 0 Å². The van der Waals surface area contributed by atoms with Gasteiger partial charge in [-0.25, -0.2) is 0 Å². The number of aryl methyl sites for hydroxylation is 1. The molecule has 1 aromatic carbocycles. The maximum absolute atomic E-state index is 12.3. The fraction of sp³-hybridized carbons (Fsp3) is 0.611. The van der Waals surface area contributed by atoms with E-state index in [2.05, 4.69) is 41.8 Å². The summed E-state index contributed by atoms with van der Waals surface area (Å²) in [7, 11) is 0. The summed E-state index contributed by atoms with van der Waals surface area (Å²) in [6.45, 7) is 4.29. The van der Waals surface area contributed by atoms with Gasteiger partial charge >= 0.3 is 0 Å². The molecule has 0 bridgehead atoms. The van der Waals surface area contributed by atoms with Crippen LogP contribution in [0.1, 0.15) is 49.3 Å². The molecule has 2 unspecified atom stereocenters. The van der Waals surface area contributed by atoms with Gasteiger partial charge in [-0.1, -0.05) is 29.8 Å². The highest BCUT2D eigenvalue weighted by Gasteiger charge is 2.33. The van der Waals surface area contributed by atoms with Crippen molar-refractivity contribution >= 4 is 18.3 Å². The van der Waals surface area contributed by atoms with E-state index in [4.69, 9.17) is 0 Å². The first-order valence-electron chi connectivity index (χ1n) is 8.29. The quantitative estimate of drug-likeness (QED) is 0.843. The van der Waals surface area contributed by atoms with Crippen molar-refractivity contribution in [1.29, 1.82) is 0 Å². The van der Waals surface area contributed by atoms with Crippen molar-refractivity contribution < 1.29 is 4.79 Å². The second-order valence-electron chi connectivity index (χ2n) is 6.69. The molecule has 1 aliphatic heterocycles. The second kappa shape index (κ2) is 7.98. The standard InChI is InChI=1S/C18H26N2O.ClH/c1-13-2-5-15(6-3-13)18(16-7-8-16)20-17(21)9-4-14-10-11-19-12-14;/h2-3,5-6,14,16,18-19H,4,7-12H2,1H3,(H,20,21);1H. The van der Waals surface area contributed by atoms with Crippen molar-refractivity contribution in [2.24, 2.45) is 11.8 Å². The van der Waals surface area contributed by atoms with Crippen LogP contribution in [0.5, 0.6) is 0 Å². The smallest absolute Gasteiger partial charge is 0.220 e. The van der Waals surface area contributed by atoms with Gasteiger partial charge in [0.25, 0.3) is 0 Å². The van der Waals surface area contributed by atoms with Gasteiger partial charge < -0.3 is 10.6 Å². The number of carbonyl (C=O) groups excluding carboxylic acids is 1. The zero-order valence-electron chi connectivity index (χ0n) is 13.3. The molecule has 2 atom stereocenters. The third kappa shape index (κ3) is 4.72. The Bertz CT molecular complexity index is 478. The van der Waals surface area contributed by atoms with Gasteiger partial charge in [-0.15, -0.1) is 12.4 Å². The van der Waals surface area contributed by atoms with Crippen LogP contribution in [0.25, 0.3) is 0 Å². The molecule has 0 spiro atoms. The molecule has 1 aromatic rings. The summed E-state index contributed by atoms with van der Waals surface area (Å²) in [5, 5.41) is 6.64. The van der Waals surface area contributed by atoms with Crippen LogP contribution < -0.4 is 10.6 Å². The van der Waals surface area contributed by atoms with Gasteiger partial charge in [0.05, 0.1) is 6.04 Å². The fourth-order valence-corrected chi connectivity index (χ4v) is 3.22. The Kier molecular flexibility index (Phi) is 6.27. The van der Waals surface area contributed by atoms with E-state index in [9.17, 15) is 4.79 Å². The summed E-state index contributed by atoms with van der Waals surface area (Å²) >= 11 is 0. The molecule has 1 saturated carbocycles. The van der Waals surface area contributed by atoms with E-state index in [1.807, 2.05) is 0 Å². The number of halogens is 1. The third-order valence-corrected chi connectivity index (χ3v) is 4.79. The van der Waals surface area contributed by atoms with Crippen LogP contribution in [0.15, 0.2) is 24.3 Å². The monoisotopic (exact) mass is 322 g/mol. The van der Waals surface area contributed by atoms with Gasteiger partial charge in [0.2, 0.25) is 5.91 Å². The summed E-state index contributed by atoms with van der Waals surface area (Å²) < 4.78 is 0. The highest BCUT2D eigenvalue weighted by atomic mass is 35.5. The fourth-order valence-electron chi connectivity index (χ4n) is 3.22. The molecule has 4 heteroatoms. The summed E-state index contributed by atoms with van der Waals surface area (Å²) in [5.74, 6) is 1.55. The van der Waals surface area contributed by atoms with Crippen molar-refractivity contribution in [1.82, 2.24) is 10.6 Å². The number of hydrogen-bond acceptors (Lipinski definition) is 2. The molecule has 2 N–H and O–H groups in total. The Morgan fingerprint density at radius 1 is 1.27 bits per heavy atom. The van der Waals surface area contributed by atoms with Crippen LogP contribution in [0.2, 0.25) is 0 Å². The number of amides is 1. The Morgan fingerprint density at radius 2 is 2.00 bits per heavy atom. The Hall–Kier alpha value is -1.06. The molecule has 1 heterocycles. The molecule has 1 saturated heterocycles. The molecule has 3 nitrogen and oxygen atoms in total. The van der Waals surface area contributed by atoms with E-state index in [0.29, 0.717) is 18.3 Å². The predicted molar refractivity (Wildman–Crippen MR) is 92.2 cm³/mol. The molecule has 2 aliphatic rings. The van der Waals surface area contributed by atoms with Crippen molar-refractivity contribution in [3.63, 3.8) is 0 Å². The minimum absolute atomic E-state index is 0. The van der Waals surface area contributed by atoms with E-state index in [0.717, 1.165) is 19.5 Å². The molecule has 0 radical (unpaired) electrons. The number of rotatable bonds is 6. The van der Waals surface area contributed by atoms with Crippen LogP contribution in [0, 0.1) is 18.8 Å². The molecular weight excluding hydrogens is 296 g/mol. The summed E-state index contributed by atoms with van der Waals surface area (Å²) in [6.07, 6.45) is 5.39. The van der Waals surface area contributed by atoms with Gasteiger partial charge in [-0.05, 0) is 63.1 Å². The lowest BCUT2D eigenvalue weighted by Gasteiger charge is -2.19. The normalized spacial score (nSPS) is 22.0. The maximum Gasteiger partial charge on any atom is 0.220 e. The largest absolute Gasteiger partial charge is 0.349 e. The van der Waals surface area contributed by atoms with Gasteiger partial charge in [0.15, 0.2) is 0 Å². The highest BCUT2D eigenvalue weighted by Crippen LogP contribution is 2.41. The first-order chi connectivity index (χ1) is 10.2. The van der Waals surface area contributed by atoms with Crippen LogP contribution in [-0.2, 0) is 4.79 Å². The van der Waals surface area contributed by atoms with E-state index in [1.165, 1.54) is 30.4 Å². The van der Waals surface area contributed by atoms with Crippen LogP contribution in [0.4, 0.5) is 0 Å². The highest BCUT2D eigenvalue weighted by molar-refractivity contribution is 5.85. The molecule has 3 rings (SSSR count). The molecule has 1 aliphatic carbocycles. The number of nitrogens with one attached hydrogen (secondary N) is 2. The Balaban J connectivity index is 0.00000176. The van der Waals surface area contributed by atoms with Gasteiger partial charge in [0.1, 0.15) is 0 Å². The summed E-state index contributed by atoms with van der Waals surface area (Å²) in [5.41, 5.74) is 2.53. The maximum atomic E-state index is 12.3. The van der Waals surface area contributed by atoms with E-state index in [1.54, 1.807) is 0 Å². The average Bonchev–Trinajstić information content (AvgIpc) is 3.19. The molecule has 122 valence electrons. The topological polar surface area (TPSA) is 41.1 Å². The SMILES string of the molecule is Cc1ccc(C(NC(=O)CCC2CCNC2)C2CC2)cc1.Cl. The predicted octanol–water partition coefficient (Wildman–Crippen LogP) is 3.37. The summed E-state index contributed by atoms with van der Waals surface area (Å²) in [6, 6.07) is 8.83. The first kappa shape index (κ1) is 17.3. The van der Waals surface area contributed by atoms with Crippen molar-refractivity contribution in [2.75, 3.05) is 13.1 Å². The average molecular weight is 323 g/mol. The lowest BCUT2D eigenvalue weighted by atomic mass is 9.99. The molecule has 2 fully saturated rings. The van der Waals surface area contributed by atoms with E-state index in [-0.39, 0.29) is 24.4 Å². The van der Waals surface area contributed by atoms with Crippen LogP contribution >= 0.6 is 12.4 Å². The van der Waals surface area contributed by atoms with Crippen molar-refractivity contribution in [2.45, 2.75) is 45.1 Å². The number of carbonyl (C=O) groups is 1. The molecule has 1 amide bonds. The van der Waals surface area contributed by atoms with Gasteiger partial charge in [-0.3, -0.25) is 4.79 Å². The number of benzene rings is 1. The number of hydrogen-bond donors (Lipinski definition) is 2. The first-order valence-corrected chi connectivity index (χ1v) is 8.29. The lowest BCUT2D eigenvalue weighted by Crippen LogP contribution is -2.30. The Morgan fingerprint density at radius 3 is 2.59 bits per heavy atom. The minimum Gasteiger partial charge on any atom is -0.349 e. The zero-order chi connectivity index (χ0) is 14.7. The van der Waals surface area contributed by atoms with Crippen molar-refractivity contribution in [3.05, 3.63) is 35.4 Å². The van der Waals surface area contributed by atoms with Crippen LogP contribution in [-0.4, -0.2) is 19.0 Å². The molecular formula is C18H27ClN2O. The zero-order valence-corrected chi connectivity index (χ0v) is 14.1. The van der Waals surface area contributed by atoms with Crippen LogP contribution in [0.3, 0.4) is 0 Å². The Labute approximate surface area is 139 Å².